The lowest BCUT2D eigenvalue weighted by Gasteiger charge is -1.94. The van der Waals surface area contributed by atoms with Crippen molar-refractivity contribution in [3.63, 3.8) is 0 Å². The number of hydrogen-bond acceptors (Lipinski definition) is 4. The molecule has 1 heterocycles. The van der Waals surface area contributed by atoms with Crippen LogP contribution in [0.5, 0.6) is 0 Å². The maximum atomic E-state index is 9.75. The fourth-order valence-corrected chi connectivity index (χ4v) is 1.30. The van der Waals surface area contributed by atoms with E-state index in [0.29, 0.717) is 12.2 Å². The largest absolute Gasteiger partial charge is 0.462 e. The average molecular weight is 157 g/mol. The standard InChI is InChI=1S/C6H7NO2S/c7-5-1-2-10-6(5)3-9-4-8/h1-2,4H,3,7H2. The molecular weight excluding hydrogens is 150 g/mol. The maximum absolute atomic E-state index is 9.75. The van der Waals surface area contributed by atoms with Crippen LogP contribution in [0, 0.1) is 0 Å². The van der Waals surface area contributed by atoms with E-state index in [9.17, 15) is 4.79 Å². The summed E-state index contributed by atoms with van der Waals surface area (Å²) >= 11 is 1.48. The van der Waals surface area contributed by atoms with Gasteiger partial charge in [-0.05, 0) is 11.4 Å². The average Bonchev–Trinajstić information content (AvgIpc) is 2.31. The molecule has 0 aromatic carbocycles. The summed E-state index contributed by atoms with van der Waals surface area (Å²) in [4.78, 5) is 10.6. The highest BCUT2D eigenvalue weighted by Crippen LogP contribution is 2.18. The third-order valence-electron chi connectivity index (χ3n) is 1.06. The number of hydrogen-bond donors (Lipinski definition) is 1. The smallest absolute Gasteiger partial charge is 0.293 e. The van der Waals surface area contributed by atoms with Gasteiger partial charge in [0.25, 0.3) is 6.47 Å². The van der Waals surface area contributed by atoms with Gasteiger partial charge in [0.1, 0.15) is 6.61 Å². The molecule has 0 saturated heterocycles. The summed E-state index contributed by atoms with van der Waals surface area (Å²) in [5.41, 5.74) is 6.18. The van der Waals surface area contributed by atoms with Gasteiger partial charge in [0.2, 0.25) is 0 Å². The lowest BCUT2D eigenvalue weighted by Crippen LogP contribution is -1.91. The number of anilines is 1. The Balaban J connectivity index is 2.56. The Morgan fingerprint density at radius 1 is 1.80 bits per heavy atom. The molecule has 1 rings (SSSR count). The van der Waals surface area contributed by atoms with Crippen molar-refractivity contribution < 1.29 is 9.53 Å². The first kappa shape index (κ1) is 7.08. The number of thiophene rings is 1. The Labute approximate surface area is 62.4 Å². The fourth-order valence-electron chi connectivity index (χ4n) is 0.578. The number of carbonyl (C=O) groups excluding carboxylic acids is 1. The van der Waals surface area contributed by atoms with Gasteiger partial charge in [-0.2, -0.15) is 0 Å². The molecule has 0 radical (unpaired) electrons. The predicted octanol–water partition coefficient (Wildman–Crippen LogP) is 1.00. The van der Waals surface area contributed by atoms with Gasteiger partial charge in [-0.15, -0.1) is 11.3 Å². The molecule has 0 aliphatic carbocycles. The molecule has 1 aromatic rings. The highest BCUT2D eigenvalue weighted by molar-refractivity contribution is 7.10. The number of rotatable bonds is 3. The molecule has 10 heavy (non-hydrogen) atoms. The van der Waals surface area contributed by atoms with Gasteiger partial charge in [-0.1, -0.05) is 0 Å². The van der Waals surface area contributed by atoms with E-state index in [0.717, 1.165) is 4.88 Å². The molecule has 0 saturated carbocycles. The number of carbonyl (C=O) groups is 1. The lowest BCUT2D eigenvalue weighted by atomic mass is 10.4. The zero-order chi connectivity index (χ0) is 7.40. The van der Waals surface area contributed by atoms with Gasteiger partial charge in [-0.3, -0.25) is 4.79 Å². The van der Waals surface area contributed by atoms with Crippen molar-refractivity contribution in [3.05, 3.63) is 16.3 Å². The normalized spacial score (nSPS) is 9.20. The van der Waals surface area contributed by atoms with Crippen LogP contribution in [0.15, 0.2) is 11.4 Å². The van der Waals surface area contributed by atoms with E-state index in [1.807, 2.05) is 5.38 Å². The van der Waals surface area contributed by atoms with Crippen LogP contribution in [-0.2, 0) is 16.1 Å². The molecule has 0 aliphatic rings. The molecule has 4 heteroatoms. The van der Waals surface area contributed by atoms with E-state index in [2.05, 4.69) is 4.74 Å². The molecule has 0 bridgehead atoms. The van der Waals surface area contributed by atoms with Gasteiger partial charge in [0.05, 0.1) is 4.88 Å². The minimum absolute atomic E-state index is 0.285. The van der Waals surface area contributed by atoms with E-state index in [4.69, 9.17) is 5.73 Å². The van der Waals surface area contributed by atoms with Crippen LogP contribution in [0.25, 0.3) is 0 Å². The van der Waals surface area contributed by atoms with Crippen LogP contribution in [0.1, 0.15) is 4.88 Å². The topological polar surface area (TPSA) is 52.3 Å². The van der Waals surface area contributed by atoms with Crippen LogP contribution in [0.3, 0.4) is 0 Å². The van der Waals surface area contributed by atoms with E-state index in [1.165, 1.54) is 11.3 Å². The van der Waals surface area contributed by atoms with Crippen LogP contribution in [0.2, 0.25) is 0 Å². The van der Waals surface area contributed by atoms with E-state index < -0.39 is 0 Å². The first-order valence-corrected chi connectivity index (χ1v) is 3.59. The molecule has 0 spiro atoms. The molecule has 2 N–H and O–H groups in total. The van der Waals surface area contributed by atoms with Crippen molar-refractivity contribution in [3.8, 4) is 0 Å². The van der Waals surface area contributed by atoms with Crippen LogP contribution in [0.4, 0.5) is 5.69 Å². The Morgan fingerprint density at radius 2 is 2.60 bits per heavy atom. The van der Waals surface area contributed by atoms with E-state index >= 15 is 0 Å². The highest BCUT2D eigenvalue weighted by atomic mass is 32.1. The molecule has 3 nitrogen and oxygen atoms in total. The minimum atomic E-state index is 0.285. The summed E-state index contributed by atoms with van der Waals surface area (Å²) in [5.74, 6) is 0. The van der Waals surface area contributed by atoms with Crippen LogP contribution < -0.4 is 5.73 Å². The van der Waals surface area contributed by atoms with E-state index in [1.54, 1.807) is 6.07 Å². The molecule has 0 unspecified atom stereocenters. The molecule has 0 fully saturated rings. The van der Waals surface area contributed by atoms with Gasteiger partial charge in [0.15, 0.2) is 0 Å². The lowest BCUT2D eigenvalue weighted by molar-refractivity contribution is -0.129. The zero-order valence-corrected chi connectivity index (χ0v) is 6.06. The second-order valence-electron chi connectivity index (χ2n) is 1.71. The molecule has 0 aliphatic heterocycles. The molecule has 54 valence electrons. The predicted molar refractivity (Wildman–Crippen MR) is 39.6 cm³/mol. The minimum Gasteiger partial charge on any atom is -0.462 e. The molecular formula is C6H7NO2S. The zero-order valence-electron chi connectivity index (χ0n) is 5.24. The summed E-state index contributed by atoms with van der Waals surface area (Å²) in [6, 6.07) is 1.79. The fraction of sp³-hybridized carbons (Fsp3) is 0.167. The van der Waals surface area contributed by atoms with Crippen LogP contribution in [-0.4, -0.2) is 6.47 Å². The SMILES string of the molecule is Nc1ccsc1COC=O. The summed E-state index contributed by atoms with van der Waals surface area (Å²) in [5, 5.41) is 1.86. The monoisotopic (exact) mass is 157 g/mol. The number of nitrogens with two attached hydrogens (primary N) is 1. The highest BCUT2D eigenvalue weighted by Gasteiger charge is 1.98. The number of nitrogen functional groups attached to an aromatic ring is 1. The summed E-state index contributed by atoms with van der Waals surface area (Å²) in [6.07, 6.45) is 0. The van der Waals surface area contributed by atoms with Crippen molar-refractivity contribution >= 4 is 23.5 Å². The molecule has 0 atom stereocenters. The van der Waals surface area contributed by atoms with Crippen molar-refractivity contribution in [2.75, 3.05) is 5.73 Å². The first-order valence-electron chi connectivity index (χ1n) is 2.71. The van der Waals surface area contributed by atoms with Crippen molar-refractivity contribution in [1.82, 2.24) is 0 Å². The summed E-state index contributed by atoms with van der Waals surface area (Å²) in [6.45, 7) is 0.701. The van der Waals surface area contributed by atoms with Gasteiger partial charge in [0, 0.05) is 5.69 Å². The summed E-state index contributed by atoms with van der Waals surface area (Å²) in [7, 11) is 0. The Bertz CT molecular complexity index is 221. The van der Waals surface area contributed by atoms with E-state index in [-0.39, 0.29) is 6.61 Å². The van der Waals surface area contributed by atoms with Crippen molar-refractivity contribution in [2.45, 2.75) is 6.61 Å². The second-order valence-corrected chi connectivity index (χ2v) is 2.71. The second kappa shape index (κ2) is 3.22. The Hall–Kier alpha value is -1.03. The first-order chi connectivity index (χ1) is 4.84. The molecule has 1 aromatic heterocycles. The quantitative estimate of drug-likeness (QED) is 0.666. The van der Waals surface area contributed by atoms with Gasteiger partial charge in [-0.25, -0.2) is 0 Å². The van der Waals surface area contributed by atoms with Gasteiger partial charge >= 0.3 is 0 Å². The molecule has 0 amide bonds. The third-order valence-corrected chi connectivity index (χ3v) is 1.97. The Morgan fingerprint density at radius 3 is 3.10 bits per heavy atom. The number of ether oxygens (including phenoxy) is 1. The van der Waals surface area contributed by atoms with Gasteiger partial charge < -0.3 is 10.5 Å². The third kappa shape index (κ3) is 1.48. The van der Waals surface area contributed by atoms with Crippen molar-refractivity contribution in [1.29, 1.82) is 0 Å². The van der Waals surface area contributed by atoms with Crippen LogP contribution >= 0.6 is 11.3 Å². The summed E-state index contributed by atoms with van der Waals surface area (Å²) < 4.78 is 4.51. The maximum Gasteiger partial charge on any atom is 0.293 e. The van der Waals surface area contributed by atoms with Crippen molar-refractivity contribution in [2.24, 2.45) is 0 Å². The Kier molecular flexibility index (Phi) is 2.28.